The molecule has 0 spiro atoms. The number of hydrogen-bond donors (Lipinski definition) is 0. The molecule has 1 aliphatic rings. The van der Waals surface area contributed by atoms with E-state index >= 15 is 0 Å². The van der Waals surface area contributed by atoms with Crippen molar-refractivity contribution in [3.63, 3.8) is 0 Å². The standard InChI is InChI=1S/C19H22N6O/c1-14-4-6-16(7-5-14)19(26)24-11-3-10-23(12-13-24)18-9-8-17-21-20-15(2)25(17)22-18/h4-9H,3,10-13H2,1-2H3. The summed E-state index contributed by atoms with van der Waals surface area (Å²) in [6.45, 7) is 7.00. The zero-order chi connectivity index (χ0) is 18.1. The van der Waals surface area contributed by atoms with Crippen molar-refractivity contribution >= 4 is 17.4 Å². The van der Waals surface area contributed by atoms with Crippen molar-refractivity contribution in [1.29, 1.82) is 0 Å². The summed E-state index contributed by atoms with van der Waals surface area (Å²) >= 11 is 0. The third kappa shape index (κ3) is 3.12. The second-order valence-electron chi connectivity index (χ2n) is 6.71. The summed E-state index contributed by atoms with van der Waals surface area (Å²) in [5.74, 6) is 1.77. The number of carbonyl (C=O) groups is 1. The molecule has 1 fully saturated rings. The predicted octanol–water partition coefficient (Wildman–Crippen LogP) is 2.09. The lowest BCUT2D eigenvalue weighted by Gasteiger charge is -2.23. The van der Waals surface area contributed by atoms with Crippen LogP contribution in [-0.4, -0.2) is 56.8 Å². The van der Waals surface area contributed by atoms with Gasteiger partial charge in [0.2, 0.25) is 0 Å². The lowest BCUT2D eigenvalue weighted by Crippen LogP contribution is -2.35. The number of hydrogen-bond acceptors (Lipinski definition) is 5. The largest absolute Gasteiger partial charge is 0.353 e. The van der Waals surface area contributed by atoms with E-state index in [4.69, 9.17) is 0 Å². The Morgan fingerprint density at radius 1 is 0.923 bits per heavy atom. The summed E-state index contributed by atoms with van der Waals surface area (Å²) in [6, 6.07) is 11.7. The molecule has 1 amide bonds. The summed E-state index contributed by atoms with van der Waals surface area (Å²) in [6.07, 6.45) is 0.915. The number of benzene rings is 1. The van der Waals surface area contributed by atoms with Gasteiger partial charge in [0.1, 0.15) is 5.82 Å². The van der Waals surface area contributed by atoms with Crippen molar-refractivity contribution in [2.75, 3.05) is 31.1 Å². The van der Waals surface area contributed by atoms with Gasteiger partial charge in [-0.3, -0.25) is 4.79 Å². The van der Waals surface area contributed by atoms with Crippen molar-refractivity contribution < 1.29 is 4.79 Å². The van der Waals surface area contributed by atoms with Crippen molar-refractivity contribution in [3.8, 4) is 0 Å². The van der Waals surface area contributed by atoms with Crippen molar-refractivity contribution in [3.05, 3.63) is 53.3 Å². The van der Waals surface area contributed by atoms with E-state index in [2.05, 4.69) is 20.2 Å². The number of rotatable bonds is 2. The van der Waals surface area contributed by atoms with Gasteiger partial charge in [-0.15, -0.1) is 15.3 Å². The Labute approximate surface area is 152 Å². The fourth-order valence-corrected chi connectivity index (χ4v) is 3.28. The number of aryl methyl sites for hydroxylation is 2. The van der Waals surface area contributed by atoms with E-state index in [0.717, 1.165) is 54.5 Å². The predicted molar refractivity (Wildman–Crippen MR) is 99.4 cm³/mol. The topological polar surface area (TPSA) is 66.6 Å². The van der Waals surface area contributed by atoms with Crippen LogP contribution in [0.1, 0.15) is 28.2 Å². The Morgan fingerprint density at radius 3 is 2.54 bits per heavy atom. The van der Waals surface area contributed by atoms with Crippen LogP contribution in [0.3, 0.4) is 0 Å². The van der Waals surface area contributed by atoms with E-state index in [1.165, 1.54) is 0 Å². The minimum Gasteiger partial charge on any atom is -0.353 e. The van der Waals surface area contributed by atoms with Gasteiger partial charge in [0.25, 0.3) is 5.91 Å². The Balaban J connectivity index is 1.49. The van der Waals surface area contributed by atoms with Gasteiger partial charge in [0.15, 0.2) is 11.5 Å². The van der Waals surface area contributed by atoms with Crippen LogP contribution < -0.4 is 4.90 Å². The first-order valence-corrected chi connectivity index (χ1v) is 8.92. The quantitative estimate of drug-likeness (QED) is 0.708. The summed E-state index contributed by atoms with van der Waals surface area (Å²) in [5.41, 5.74) is 2.66. The second-order valence-corrected chi connectivity index (χ2v) is 6.71. The summed E-state index contributed by atoms with van der Waals surface area (Å²) in [4.78, 5) is 16.9. The van der Waals surface area contributed by atoms with Gasteiger partial charge in [-0.1, -0.05) is 17.7 Å². The molecular weight excluding hydrogens is 328 g/mol. The van der Waals surface area contributed by atoms with Gasteiger partial charge in [-0.2, -0.15) is 4.52 Å². The van der Waals surface area contributed by atoms with Crippen LogP contribution in [0.2, 0.25) is 0 Å². The summed E-state index contributed by atoms with van der Waals surface area (Å²) in [7, 11) is 0. The molecule has 0 aliphatic carbocycles. The van der Waals surface area contributed by atoms with Gasteiger partial charge in [0, 0.05) is 31.7 Å². The first-order valence-electron chi connectivity index (χ1n) is 8.92. The van der Waals surface area contributed by atoms with Crippen LogP contribution in [0.25, 0.3) is 5.65 Å². The SMILES string of the molecule is Cc1ccc(C(=O)N2CCCN(c3ccc4nnc(C)n4n3)CC2)cc1. The molecule has 0 radical (unpaired) electrons. The number of fused-ring (bicyclic) bond motifs is 1. The first kappa shape index (κ1) is 16.5. The van der Waals surface area contributed by atoms with Crippen LogP contribution >= 0.6 is 0 Å². The Kier molecular flexibility index (Phi) is 4.28. The van der Waals surface area contributed by atoms with Crippen LogP contribution in [-0.2, 0) is 0 Å². The average molecular weight is 350 g/mol. The highest BCUT2D eigenvalue weighted by Crippen LogP contribution is 2.16. The van der Waals surface area contributed by atoms with E-state index < -0.39 is 0 Å². The Morgan fingerprint density at radius 2 is 1.73 bits per heavy atom. The molecule has 0 saturated carbocycles. The molecule has 0 N–H and O–H groups in total. The maximum atomic E-state index is 12.8. The van der Waals surface area contributed by atoms with E-state index in [-0.39, 0.29) is 5.91 Å². The molecule has 1 aliphatic heterocycles. The van der Waals surface area contributed by atoms with Gasteiger partial charge in [-0.25, -0.2) is 0 Å². The zero-order valence-electron chi connectivity index (χ0n) is 15.1. The maximum absolute atomic E-state index is 12.8. The van der Waals surface area contributed by atoms with E-state index in [0.29, 0.717) is 6.54 Å². The number of aromatic nitrogens is 4. The zero-order valence-corrected chi connectivity index (χ0v) is 15.1. The van der Waals surface area contributed by atoms with Gasteiger partial charge in [-0.05, 0) is 44.5 Å². The molecule has 0 unspecified atom stereocenters. The van der Waals surface area contributed by atoms with Gasteiger partial charge < -0.3 is 9.80 Å². The van der Waals surface area contributed by atoms with Gasteiger partial charge >= 0.3 is 0 Å². The molecule has 0 bridgehead atoms. The van der Waals surface area contributed by atoms with Crippen molar-refractivity contribution in [2.24, 2.45) is 0 Å². The normalized spacial score (nSPS) is 15.3. The molecule has 7 heteroatoms. The number of carbonyl (C=O) groups excluding carboxylic acids is 1. The third-order valence-electron chi connectivity index (χ3n) is 4.81. The lowest BCUT2D eigenvalue weighted by molar-refractivity contribution is 0.0767. The molecular formula is C19H22N6O. The van der Waals surface area contributed by atoms with Crippen LogP contribution in [0.5, 0.6) is 0 Å². The fraction of sp³-hybridized carbons (Fsp3) is 0.368. The fourth-order valence-electron chi connectivity index (χ4n) is 3.28. The summed E-state index contributed by atoms with van der Waals surface area (Å²) < 4.78 is 1.76. The highest BCUT2D eigenvalue weighted by atomic mass is 16.2. The van der Waals surface area contributed by atoms with Crippen LogP contribution in [0, 0.1) is 13.8 Å². The molecule has 134 valence electrons. The average Bonchev–Trinajstić information content (AvgIpc) is 2.87. The third-order valence-corrected chi connectivity index (χ3v) is 4.81. The van der Waals surface area contributed by atoms with E-state index in [9.17, 15) is 4.79 Å². The molecule has 2 aromatic heterocycles. The number of anilines is 1. The lowest BCUT2D eigenvalue weighted by atomic mass is 10.1. The van der Waals surface area contributed by atoms with Crippen LogP contribution in [0.4, 0.5) is 5.82 Å². The molecule has 4 rings (SSSR count). The molecule has 1 saturated heterocycles. The van der Waals surface area contributed by atoms with Crippen LogP contribution in [0.15, 0.2) is 36.4 Å². The minimum atomic E-state index is 0.102. The number of nitrogens with zero attached hydrogens (tertiary/aromatic N) is 6. The van der Waals surface area contributed by atoms with E-state index in [1.54, 1.807) is 4.52 Å². The maximum Gasteiger partial charge on any atom is 0.253 e. The van der Waals surface area contributed by atoms with Crippen molar-refractivity contribution in [1.82, 2.24) is 24.7 Å². The molecule has 26 heavy (non-hydrogen) atoms. The monoisotopic (exact) mass is 350 g/mol. The highest BCUT2D eigenvalue weighted by Gasteiger charge is 2.21. The smallest absolute Gasteiger partial charge is 0.253 e. The molecule has 3 aromatic rings. The van der Waals surface area contributed by atoms with E-state index in [1.807, 2.05) is 55.1 Å². The summed E-state index contributed by atoms with van der Waals surface area (Å²) in [5, 5.41) is 12.8. The Bertz CT molecular complexity index is 933. The number of amides is 1. The Hall–Kier alpha value is -2.96. The minimum absolute atomic E-state index is 0.102. The first-order chi connectivity index (χ1) is 12.6. The second kappa shape index (κ2) is 6.74. The molecule has 3 heterocycles. The molecule has 0 atom stereocenters. The highest BCUT2D eigenvalue weighted by molar-refractivity contribution is 5.94. The van der Waals surface area contributed by atoms with Gasteiger partial charge in [0.05, 0.1) is 0 Å². The van der Waals surface area contributed by atoms with Crippen molar-refractivity contribution in [2.45, 2.75) is 20.3 Å². The molecule has 7 nitrogen and oxygen atoms in total. The molecule has 1 aromatic carbocycles.